The molecular weight excluding hydrogens is 307 g/mol. The summed E-state index contributed by atoms with van der Waals surface area (Å²) in [7, 11) is 0. The molecule has 21 heavy (non-hydrogen) atoms. The lowest BCUT2D eigenvalue weighted by atomic mass is 10.1. The summed E-state index contributed by atoms with van der Waals surface area (Å²) in [6, 6.07) is 4.32. The van der Waals surface area contributed by atoms with E-state index in [1.54, 1.807) is 0 Å². The summed E-state index contributed by atoms with van der Waals surface area (Å²) < 4.78 is 37.3. The first-order chi connectivity index (χ1) is 9.86. The average Bonchev–Trinajstić information content (AvgIpc) is 2.45. The first kappa shape index (κ1) is 15.5. The number of hydrogen-bond donors (Lipinski definition) is 2. The average molecular weight is 318 g/mol. The zero-order valence-electron chi connectivity index (χ0n) is 10.6. The lowest BCUT2D eigenvalue weighted by molar-refractivity contribution is -0.137. The minimum Gasteiger partial charge on any atom is -0.387 e. The van der Waals surface area contributed by atoms with Crippen molar-refractivity contribution in [2.45, 2.75) is 12.3 Å². The van der Waals surface area contributed by atoms with Gasteiger partial charge in [-0.2, -0.15) is 13.2 Å². The highest BCUT2D eigenvalue weighted by Crippen LogP contribution is 2.29. The standard InChI is InChI=1S/C13H11ClF3N3O/c14-10-5-18-12(19-6-10)20-7-11(21)8-1-3-9(4-2-8)13(15,16)17/h1-6,11,21H,7H2,(H,18,19,20). The van der Waals surface area contributed by atoms with Gasteiger partial charge in [-0.25, -0.2) is 9.97 Å². The van der Waals surface area contributed by atoms with E-state index in [1.807, 2.05) is 0 Å². The van der Waals surface area contributed by atoms with E-state index >= 15 is 0 Å². The van der Waals surface area contributed by atoms with E-state index in [2.05, 4.69) is 15.3 Å². The molecule has 0 saturated carbocycles. The molecule has 2 aromatic rings. The third-order valence-corrected chi connectivity index (χ3v) is 2.89. The fourth-order valence-electron chi connectivity index (χ4n) is 1.60. The van der Waals surface area contributed by atoms with E-state index < -0.39 is 17.8 Å². The summed E-state index contributed by atoms with van der Waals surface area (Å²) >= 11 is 5.63. The Kier molecular flexibility index (Phi) is 4.64. The van der Waals surface area contributed by atoms with Crippen LogP contribution in [0.3, 0.4) is 0 Å². The van der Waals surface area contributed by atoms with Gasteiger partial charge >= 0.3 is 6.18 Å². The number of aliphatic hydroxyl groups is 1. The highest BCUT2D eigenvalue weighted by molar-refractivity contribution is 6.30. The Morgan fingerprint density at radius 2 is 1.71 bits per heavy atom. The van der Waals surface area contributed by atoms with Crippen molar-refractivity contribution in [2.75, 3.05) is 11.9 Å². The number of aliphatic hydroxyl groups excluding tert-OH is 1. The summed E-state index contributed by atoms with van der Waals surface area (Å²) in [6.45, 7) is 0.0625. The van der Waals surface area contributed by atoms with E-state index in [4.69, 9.17) is 11.6 Å². The van der Waals surface area contributed by atoms with E-state index in [9.17, 15) is 18.3 Å². The van der Waals surface area contributed by atoms with Crippen LogP contribution in [-0.2, 0) is 6.18 Å². The van der Waals surface area contributed by atoms with Gasteiger partial charge in [-0.05, 0) is 17.7 Å². The van der Waals surface area contributed by atoms with Gasteiger partial charge < -0.3 is 10.4 Å². The number of nitrogens with one attached hydrogen (secondary N) is 1. The van der Waals surface area contributed by atoms with E-state index in [0.717, 1.165) is 12.1 Å². The van der Waals surface area contributed by atoms with Crippen molar-refractivity contribution < 1.29 is 18.3 Å². The van der Waals surface area contributed by atoms with Gasteiger partial charge in [0, 0.05) is 6.54 Å². The number of aromatic nitrogens is 2. The molecule has 1 aromatic carbocycles. The Morgan fingerprint density at radius 1 is 1.14 bits per heavy atom. The number of benzene rings is 1. The van der Waals surface area contributed by atoms with Crippen LogP contribution in [0.2, 0.25) is 5.02 Å². The predicted molar refractivity (Wildman–Crippen MR) is 71.9 cm³/mol. The molecular formula is C13H11ClF3N3O. The van der Waals surface area contributed by atoms with Crippen LogP contribution in [0.25, 0.3) is 0 Å². The second-order valence-electron chi connectivity index (χ2n) is 4.24. The molecule has 0 aliphatic carbocycles. The van der Waals surface area contributed by atoms with Crippen LogP contribution in [0.15, 0.2) is 36.7 Å². The minimum atomic E-state index is -4.39. The van der Waals surface area contributed by atoms with Gasteiger partial charge in [0.15, 0.2) is 0 Å². The van der Waals surface area contributed by atoms with Gasteiger partial charge in [0.2, 0.25) is 5.95 Å². The van der Waals surface area contributed by atoms with Crippen LogP contribution < -0.4 is 5.32 Å². The van der Waals surface area contributed by atoms with Gasteiger partial charge in [-0.15, -0.1) is 0 Å². The molecule has 0 amide bonds. The quantitative estimate of drug-likeness (QED) is 0.908. The first-order valence-electron chi connectivity index (χ1n) is 5.93. The van der Waals surface area contributed by atoms with Crippen molar-refractivity contribution in [1.82, 2.24) is 9.97 Å². The number of nitrogens with zero attached hydrogens (tertiary/aromatic N) is 2. The fraction of sp³-hybridized carbons (Fsp3) is 0.231. The molecule has 1 atom stereocenters. The maximum atomic E-state index is 12.4. The maximum absolute atomic E-state index is 12.4. The van der Waals surface area contributed by atoms with E-state index in [0.29, 0.717) is 10.6 Å². The van der Waals surface area contributed by atoms with Gasteiger partial charge in [-0.3, -0.25) is 0 Å². The Balaban J connectivity index is 1.97. The largest absolute Gasteiger partial charge is 0.416 e. The Morgan fingerprint density at radius 3 is 2.24 bits per heavy atom. The molecule has 0 fully saturated rings. The van der Waals surface area contributed by atoms with E-state index in [-0.39, 0.29) is 12.5 Å². The topological polar surface area (TPSA) is 58.0 Å². The zero-order chi connectivity index (χ0) is 15.5. The SMILES string of the molecule is OC(CNc1ncc(Cl)cn1)c1ccc(C(F)(F)F)cc1. The molecule has 2 rings (SSSR count). The van der Waals surface area contributed by atoms with Crippen molar-refractivity contribution >= 4 is 17.5 Å². The molecule has 1 unspecified atom stereocenters. The number of anilines is 1. The van der Waals surface area contributed by atoms with Gasteiger partial charge in [0.25, 0.3) is 0 Å². The number of hydrogen-bond acceptors (Lipinski definition) is 4. The van der Waals surface area contributed by atoms with Crippen molar-refractivity contribution in [2.24, 2.45) is 0 Å². The smallest absolute Gasteiger partial charge is 0.387 e. The van der Waals surface area contributed by atoms with Crippen LogP contribution >= 0.6 is 11.6 Å². The molecule has 0 radical (unpaired) electrons. The highest BCUT2D eigenvalue weighted by atomic mass is 35.5. The van der Waals surface area contributed by atoms with Crippen molar-refractivity contribution in [1.29, 1.82) is 0 Å². The second-order valence-corrected chi connectivity index (χ2v) is 4.68. The second kappa shape index (κ2) is 6.28. The Hall–Kier alpha value is -1.86. The molecule has 0 aliphatic rings. The Labute approximate surface area is 123 Å². The van der Waals surface area contributed by atoms with Crippen LogP contribution in [0, 0.1) is 0 Å². The summed E-state index contributed by atoms with van der Waals surface area (Å²) in [5.41, 5.74) is -0.392. The van der Waals surface area contributed by atoms with Gasteiger partial charge in [0.05, 0.1) is 29.1 Å². The van der Waals surface area contributed by atoms with Crippen LogP contribution in [-0.4, -0.2) is 21.6 Å². The monoisotopic (exact) mass is 317 g/mol. The molecule has 1 aromatic heterocycles. The molecule has 112 valence electrons. The lowest BCUT2D eigenvalue weighted by Gasteiger charge is -2.13. The normalized spacial score (nSPS) is 13.0. The van der Waals surface area contributed by atoms with Gasteiger partial charge in [-0.1, -0.05) is 23.7 Å². The number of halogens is 4. The van der Waals surface area contributed by atoms with Gasteiger partial charge in [0.1, 0.15) is 0 Å². The molecule has 0 spiro atoms. The van der Waals surface area contributed by atoms with Crippen molar-refractivity contribution in [3.8, 4) is 0 Å². The summed E-state index contributed by atoms with van der Waals surface area (Å²) in [4.78, 5) is 7.75. The Bertz CT molecular complexity index is 587. The zero-order valence-corrected chi connectivity index (χ0v) is 11.4. The lowest BCUT2D eigenvalue weighted by Crippen LogP contribution is -2.14. The molecule has 0 bridgehead atoms. The molecule has 4 nitrogen and oxygen atoms in total. The molecule has 8 heteroatoms. The number of alkyl halides is 3. The number of rotatable bonds is 4. The van der Waals surface area contributed by atoms with E-state index in [1.165, 1.54) is 24.5 Å². The van der Waals surface area contributed by atoms with Crippen molar-refractivity contribution in [3.63, 3.8) is 0 Å². The van der Waals surface area contributed by atoms with Crippen LogP contribution in [0.4, 0.5) is 19.1 Å². The predicted octanol–water partition coefficient (Wildman–Crippen LogP) is 3.29. The third kappa shape index (κ3) is 4.30. The first-order valence-corrected chi connectivity index (χ1v) is 6.30. The summed E-state index contributed by atoms with van der Waals surface area (Å²) in [5.74, 6) is 0.269. The maximum Gasteiger partial charge on any atom is 0.416 e. The minimum absolute atomic E-state index is 0.0625. The molecule has 0 saturated heterocycles. The van der Waals surface area contributed by atoms with Crippen LogP contribution in [0.1, 0.15) is 17.2 Å². The summed E-state index contributed by atoms with van der Waals surface area (Å²) in [5, 5.41) is 13.0. The fourth-order valence-corrected chi connectivity index (χ4v) is 1.70. The van der Waals surface area contributed by atoms with Crippen molar-refractivity contribution in [3.05, 3.63) is 52.8 Å². The highest BCUT2D eigenvalue weighted by Gasteiger charge is 2.30. The molecule has 1 heterocycles. The molecule has 0 aliphatic heterocycles. The molecule has 2 N–H and O–H groups in total. The van der Waals surface area contributed by atoms with Crippen LogP contribution in [0.5, 0.6) is 0 Å². The summed E-state index contributed by atoms with van der Waals surface area (Å²) in [6.07, 6.45) is -2.59. The third-order valence-electron chi connectivity index (χ3n) is 2.70.